The maximum atomic E-state index is 12.5. The molecule has 0 unspecified atom stereocenters. The SMILES string of the molecule is CC1CCC(OC(=O)C2CCC(C3CCC(C)CC3)CC2)CC1.[HH].[HH].[HH]. The van der Waals surface area contributed by atoms with Gasteiger partial charge in [-0.1, -0.05) is 26.7 Å². The molecule has 0 amide bonds. The number of hydrogen-bond acceptors (Lipinski definition) is 2. The second-order valence-electron chi connectivity index (χ2n) is 8.95. The van der Waals surface area contributed by atoms with Crippen LogP contribution in [0.1, 0.15) is 95.2 Å². The molecule has 0 heterocycles. The normalized spacial score (nSPS) is 42.2. The highest BCUT2D eigenvalue weighted by molar-refractivity contribution is 5.72. The summed E-state index contributed by atoms with van der Waals surface area (Å²) in [6.07, 6.45) is 15.2. The minimum absolute atomic E-state index is 0. The molecule has 0 aromatic rings. The zero-order chi connectivity index (χ0) is 16.2. The van der Waals surface area contributed by atoms with Crippen LogP contribution in [0.3, 0.4) is 0 Å². The van der Waals surface area contributed by atoms with Crippen molar-refractivity contribution in [1.82, 2.24) is 0 Å². The molecule has 3 rings (SSSR count). The minimum Gasteiger partial charge on any atom is -0.462 e. The fraction of sp³-hybridized carbons (Fsp3) is 0.952. The van der Waals surface area contributed by atoms with Crippen LogP contribution >= 0.6 is 0 Å². The molecule has 3 fully saturated rings. The summed E-state index contributed by atoms with van der Waals surface area (Å²) in [5.41, 5.74) is 0. The Labute approximate surface area is 147 Å². The average molecular weight is 327 g/mol. The molecule has 138 valence electrons. The Hall–Kier alpha value is -0.530. The number of carbonyl (C=O) groups is 1. The molecule has 3 aliphatic rings. The lowest BCUT2D eigenvalue weighted by atomic mass is 9.69. The molecule has 3 aliphatic carbocycles. The van der Waals surface area contributed by atoms with Crippen LogP contribution in [-0.2, 0) is 9.53 Å². The van der Waals surface area contributed by atoms with Crippen molar-refractivity contribution in [2.45, 2.75) is 97.0 Å². The molecular weight excluding hydrogens is 284 g/mol. The van der Waals surface area contributed by atoms with Gasteiger partial charge in [0, 0.05) is 4.28 Å². The van der Waals surface area contributed by atoms with Gasteiger partial charge in [-0.25, -0.2) is 0 Å². The lowest BCUT2D eigenvalue weighted by Crippen LogP contribution is -2.31. The highest BCUT2D eigenvalue weighted by atomic mass is 16.5. The largest absolute Gasteiger partial charge is 0.462 e. The highest BCUT2D eigenvalue weighted by Gasteiger charge is 2.34. The maximum absolute atomic E-state index is 12.5. The molecule has 0 radical (unpaired) electrons. The van der Waals surface area contributed by atoms with E-state index in [1.165, 1.54) is 51.4 Å². The first-order valence-corrected chi connectivity index (χ1v) is 10.3. The third-order valence-corrected chi connectivity index (χ3v) is 7.08. The summed E-state index contributed by atoms with van der Waals surface area (Å²) in [6.45, 7) is 4.71. The van der Waals surface area contributed by atoms with Crippen LogP contribution in [0, 0.1) is 29.6 Å². The van der Waals surface area contributed by atoms with Gasteiger partial charge in [0.25, 0.3) is 0 Å². The van der Waals surface area contributed by atoms with Crippen molar-refractivity contribution in [2.24, 2.45) is 29.6 Å². The van der Waals surface area contributed by atoms with E-state index in [0.717, 1.165) is 49.4 Å². The molecule has 2 nitrogen and oxygen atoms in total. The van der Waals surface area contributed by atoms with E-state index in [-0.39, 0.29) is 22.3 Å². The molecule has 2 heteroatoms. The van der Waals surface area contributed by atoms with Gasteiger partial charge in [0.1, 0.15) is 6.10 Å². The Morgan fingerprint density at radius 3 is 1.65 bits per heavy atom. The zero-order valence-electron chi connectivity index (χ0n) is 15.3. The zero-order valence-corrected chi connectivity index (χ0v) is 15.3. The third-order valence-electron chi connectivity index (χ3n) is 7.08. The van der Waals surface area contributed by atoms with Gasteiger partial charge in [-0.2, -0.15) is 0 Å². The van der Waals surface area contributed by atoms with Gasteiger partial charge in [0.15, 0.2) is 0 Å². The van der Waals surface area contributed by atoms with Crippen molar-refractivity contribution in [2.75, 3.05) is 0 Å². The Kier molecular flexibility index (Phi) is 6.04. The van der Waals surface area contributed by atoms with Crippen LogP contribution in [0.2, 0.25) is 0 Å². The van der Waals surface area contributed by atoms with E-state index in [1.807, 2.05) is 0 Å². The number of hydrogen-bond donors (Lipinski definition) is 0. The van der Waals surface area contributed by atoms with Gasteiger partial charge in [0.2, 0.25) is 0 Å². The van der Waals surface area contributed by atoms with E-state index in [4.69, 9.17) is 4.74 Å². The number of esters is 1. The molecule has 0 spiro atoms. The Morgan fingerprint density at radius 2 is 1.13 bits per heavy atom. The first kappa shape index (κ1) is 17.3. The van der Waals surface area contributed by atoms with Gasteiger partial charge >= 0.3 is 5.97 Å². The van der Waals surface area contributed by atoms with Crippen LogP contribution in [0.5, 0.6) is 0 Å². The molecule has 0 aliphatic heterocycles. The van der Waals surface area contributed by atoms with Crippen LogP contribution in [0.4, 0.5) is 0 Å². The van der Waals surface area contributed by atoms with Crippen LogP contribution < -0.4 is 0 Å². The van der Waals surface area contributed by atoms with Crippen molar-refractivity contribution in [3.05, 3.63) is 0 Å². The summed E-state index contributed by atoms with van der Waals surface area (Å²) in [4.78, 5) is 12.5. The fourth-order valence-electron chi connectivity index (χ4n) is 5.19. The van der Waals surface area contributed by atoms with Gasteiger partial charge in [0.05, 0.1) is 5.92 Å². The van der Waals surface area contributed by atoms with E-state index < -0.39 is 0 Å². The Bertz CT molecular complexity index is 381. The topological polar surface area (TPSA) is 26.3 Å². The Morgan fingerprint density at radius 1 is 0.696 bits per heavy atom. The Balaban J connectivity index is 0.00000208. The van der Waals surface area contributed by atoms with Crippen molar-refractivity contribution in [1.29, 1.82) is 0 Å². The van der Waals surface area contributed by atoms with Crippen molar-refractivity contribution in [3.63, 3.8) is 0 Å². The van der Waals surface area contributed by atoms with E-state index in [0.29, 0.717) is 0 Å². The maximum Gasteiger partial charge on any atom is 0.309 e. The summed E-state index contributed by atoms with van der Waals surface area (Å²) < 4.78 is 5.83. The molecule has 3 saturated carbocycles. The highest BCUT2D eigenvalue weighted by Crippen LogP contribution is 2.41. The smallest absolute Gasteiger partial charge is 0.309 e. The quantitative estimate of drug-likeness (QED) is 0.555. The molecule has 0 N–H and O–H groups in total. The third kappa shape index (κ3) is 4.73. The van der Waals surface area contributed by atoms with Crippen molar-refractivity contribution in [3.8, 4) is 0 Å². The molecule has 0 atom stereocenters. The van der Waals surface area contributed by atoms with Crippen molar-refractivity contribution >= 4 is 5.97 Å². The van der Waals surface area contributed by atoms with Crippen LogP contribution in [0.25, 0.3) is 0 Å². The van der Waals surface area contributed by atoms with E-state index in [1.54, 1.807) is 0 Å². The molecule has 0 bridgehead atoms. The van der Waals surface area contributed by atoms with Crippen LogP contribution in [0.15, 0.2) is 0 Å². The summed E-state index contributed by atoms with van der Waals surface area (Å²) in [6, 6.07) is 0. The number of carbonyl (C=O) groups excluding carboxylic acids is 1. The number of ether oxygens (including phenoxy) is 1. The lowest BCUT2D eigenvalue weighted by Gasteiger charge is -2.37. The predicted octanol–water partition coefficient (Wildman–Crippen LogP) is 6.48. The first-order chi connectivity index (χ1) is 11.1. The predicted molar refractivity (Wildman–Crippen MR) is 100 cm³/mol. The lowest BCUT2D eigenvalue weighted by molar-refractivity contribution is -0.157. The monoisotopic (exact) mass is 326 g/mol. The van der Waals surface area contributed by atoms with E-state index in [9.17, 15) is 4.79 Å². The van der Waals surface area contributed by atoms with Gasteiger partial charge in [-0.15, -0.1) is 0 Å². The molecular formula is C21H42O2. The summed E-state index contributed by atoms with van der Waals surface area (Å²) >= 11 is 0. The molecule has 0 aromatic carbocycles. The number of rotatable bonds is 3. The summed E-state index contributed by atoms with van der Waals surface area (Å²) in [5, 5.41) is 0. The van der Waals surface area contributed by atoms with Gasteiger partial charge in [-0.3, -0.25) is 4.79 Å². The average Bonchev–Trinajstić information content (AvgIpc) is 2.58. The first-order valence-electron chi connectivity index (χ1n) is 10.3. The second kappa shape index (κ2) is 8.03. The standard InChI is InChI=1S/C21H36O2.3H2/c1-15-3-7-17(8-4-15)18-9-11-19(12-10-18)21(22)23-20-13-5-16(2)6-14-20;;;/h15-20H,3-14H2,1-2H3;3*1H. The summed E-state index contributed by atoms with van der Waals surface area (Å²) in [7, 11) is 0. The van der Waals surface area contributed by atoms with E-state index >= 15 is 0 Å². The minimum atomic E-state index is 0. The van der Waals surface area contributed by atoms with Gasteiger partial charge < -0.3 is 4.74 Å². The van der Waals surface area contributed by atoms with Crippen LogP contribution in [-0.4, -0.2) is 12.1 Å². The van der Waals surface area contributed by atoms with Gasteiger partial charge in [-0.05, 0) is 87.9 Å². The molecule has 23 heavy (non-hydrogen) atoms. The fourth-order valence-corrected chi connectivity index (χ4v) is 5.19. The molecule has 0 saturated heterocycles. The molecule has 0 aromatic heterocycles. The second-order valence-corrected chi connectivity index (χ2v) is 8.95. The summed E-state index contributed by atoms with van der Waals surface area (Å²) in [5.74, 6) is 3.92. The van der Waals surface area contributed by atoms with Crippen molar-refractivity contribution < 1.29 is 13.8 Å². The van der Waals surface area contributed by atoms with E-state index in [2.05, 4.69) is 13.8 Å².